The summed E-state index contributed by atoms with van der Waals surface area (Å²) in [4.78, 5) is 4.40. The zero-order valence-electron chi connectivity index (χ0n) is 11.0. The maximum atomic E-state index is 5.53. The van der Waals surface area contributed by atoms with Crippen molar-refractivity contribution in [2.45, 2.75) is 19.9 Å². The Bertz CT molecular complexity index is 499. The summed E-state index contributed by atoms with van der Waals surface area (Å²) >= 11 is 0. The van der Waals surface area contributed by atoms with Gasteiger partial charge in [0.2, 0.25) is 0 Å². The highest BCUT2D eigenvalue weighted by Crippen LogP contribution is 2.19. The molecular formula is C15H20N2O. The minimum Gasteiger partial charge on any atom is -0.380 e. The van der Waals surface area contributed by atoms with E-state index in [0.717, 1.165) is 18.7 Å². The molecule has 1 atom stereocenters. The van der Waals surface area contributed by atoms with Gasteiger partial charge in [-0.15, -0.1) is 0 Å². The van der Waals surface area contributed by atoms with Gasteiger partial charge in [-0.05, 0) is 31.2 Å². The molecule has 1 heterocycles. The average Bonchev–Trinajstić information content (AvgIpc) is 2.43. The third-order valence-electron chi connectivity index (χ3n) is 2.97. The number of ether oxygens (including phenoxy) is 1. The fourth-order valence-electron chi connectivity index (χ4n) is 2.06. The first kappa shape index (κ1) is 13.0. The predicted octanol–water partition coefficient (Wildman–Crippen LogP) is 2.92. The lowest BCUT2D eigenvalue weighted by Crippen LogP contribution is -2.25. The molecule has 1 aromatic heterocycles. The summed E-state index contributed by atoms with van der Waals surface area (Å²) in [6, 6.07) is 10.7. The molecule has 18 heavy (non-hydrogen) atoms. The summed E-state index contributed by atoms with van der Waals surface area (Å²) in [6.07, 6.45) is 1.83. The van der Waals surface area contributed by atoms with Crippen LogP contribution in [0, 0.1) is 0 Å². The monoisotopic (exact) mass is 244 g/mol. The summed E-state index contributed by atoms with van der Waals surface area (Å²) < 4.78 is 5.53. The normalized spacial score (nSPS) is 12.8. The SMILES string of the molecule is CCNC(COCC)c1ccc2cccnc2c1. The molecule has 3 nitrogen and oxygen atoms in total. The number of aromatic nitrogens is 1. The lowest BCUT2D eigenvalue weighted by atomic mass is 10.0. The summed E-state index contributed by atoms with van der Waals surface area (Å²) in [5, 5.41) is 4.62. The number of hydrogen-bond acceptors (Lipinski definition) is 3. The molecule has 1 unspecified atom stereocenters. The van der Waals surface area contributed by atoms with Crippen molar-refractivity contribution < 1.29 is 4.74 Å². The number of likely N-dealkylation sites (N-methyl/N-ethyl adjacent to an activating group) is 1. The van der Waals surface area contributed by atoms with E-state index in [1.165, 1.54) is 10.9 Å². The summed E-state index contributed by atoms with van der Waals surface area (Å²) in [5.74, 6) is 0. The van der Waals surface area contributed by atoms with E-state index < -0.39 is 0 Å². The summed E-state index contributed by atoms with van der Waals surface area (Å²) in [5.41, 5.74) is 2.27. The van der Waals surface area contributed by atoms with Crippen LogP contribution in [-0.4, -0.2) is 24.7 Å². The van der Waals surface area contributed by atoms with Gasteiger partial charge in [0.05, 0.1) is 18.2 Å². The van der Waals surface area contributed by atoms with E-state index in [0.29, 0.717) is 6.61 Å². The molecule has 1 N–H and O–H groups in total. The summed E-state index contributed by atoms with van der Waals surface area (Å²) in [7, 11) is 0. The first-order chi connectivity index (χ1) is 8.85. The third kappa shape index (κ3) is 3.06. The minimum atomic E-state index is 0.237. The number of nitrogens with zero attached hydrogens (tertiary/aromatic N) is 1. The van der Waals surface area contributed by atoms with Crippen LogP contribution in [0.1, 0.15) is 25.5 Å². The molecule has 96 valence electrons. The number of pyridine rings is 1. The maximum absolute atomic E-state index is 5.53. The maximum Gasteiger partial charge on any atom is 0.0705 e. The molecule has 0 saturated carbocycles. The highest BCUT2D eigenvalue weighted by molar-refractivity contribution is 5.78. The lowest BCUT2D eigenvalue weighted by Gasteiger charge is -2.18. The molecule has 2 aromatic rings. The highest BCUT2D eigenvalue weighted by atomic mass is 16.5. The molecule has 2 rings (SSSR count). The smallest absolute Gasteiger partial charge is 0.0705 e. The molecule has 0 spiro atoms. The number of fused-ring (bicyclic) bond motifs is 1. The largest absolute Gasteiger partial charge is 0.380 e. The van der Waals surface area contributed by atoms with Gasteiger partial charge < -0.3 is 10.1 Å². The van der Waals surface area contributed by atoms with Crippen molar-refractivity contribution in [2.75, 3.05) is 19.8 Å². The van der Waals surface area contributed by atoms with E-state index in [1.807, 2.05) is 19.2 Å². The van der Waals surface area contributed by atoms with Crippen LogP contribution in [-0.2, 0) is 4.74 Å². The molecule has 0 radical (unpaired) electrons. The Kier molecular flexibility index (Phi) is 4.67. The molecule has 0 aliphatic rings. The number of rotatable bonds is 6. The van der Waals surface area contributed by atoms with Crippen LogP contribution in [0.4, 0.5) is 0 Å². The van der Waals surface area contributed by atoms with E-state index in [4.69, 9.17) is 4.74 Å². The highest BCUT2D eigenvalue weighted by Gasteiger charge is 2.10. The molecule has 0 aliphatic carbocycles. The Hall–Kier alpha value is -1.45. The van der Waals surface area contributed by atoms with Gasteiger partial charge in [-0.2, -0.15) is 0 Å². The zero-order chi connectivity index (χ0) is 12.8. The van der Waals surface area contributed by atoms with Crippen LogP contribution in [0.3, 0.4) is 0 Å². The molecule has 0 bridgehead atoms. The Labute approximate surface area is 108 Å². The second-order valence-corrected chi connectivity index (χ2v) is 4.23. The van der Waals surface area contributed by atoms with Gasteiger partial charge in [-0.1, -0.05) is 25.1 Å². The first-order valence-corrected chi connectivity index (χ1v) is 6.51. The zero-order valence-corrected chi connectivity index (χ0v) is 11.0. The summed E-state index contributed by atoms with van der Waals surface area (Å²) in [6.45, 7) is 6.50. The van der Waals surface area contributed by atoms with Gasteiger partial charge >= 0.3 is 0 Å². The molecule has 0 fully saturated rings. The van der Waals surface area contributed by atoms with E-state index in [-0.39, 0.29) is 6.04 Å². The number of nitrogens with one attached hydrogen (secondary N) is 1. The van der Waals surface area contributed by atoms with Gasteiger partial charge in [-0.3, -0.25) is 4.98 Å². The standard InChI is InChI=1S/C15H20N2O/c1-3-16-15(11-18-4-2)13-8-7-12-6-5-9-17-14(12)10-13/h5-10,15-16H,3-4,11H2,1-2H3. The molecular weight excluding hydrogens is 224 g/mol. The first-order valence-electron chi connectivity index (χ1n) is 6.51. The Morgan fingerprint density at radius 1 is 1.28 bits per heavy atom. The van der Waals surface area contributed by atoms with Crippen molar-refractivity contribution in [3.05, 3.63) is 42.1 Å². The second kappa shape index (κ2) is 6.47. The fourth-order valence-corrected chi connectivity index (χ4v) is 2.06. The van der Waals surface area contributed by atoms with Crippen molar-refractivity contribution in [3.8, 4) is 0 Å². The number of benzene rings is 1. The number of hydrogen-bond donors (Lipinski definition) is 1. The molecule has 0 amide bonds. The van der Waals surface area contributed by atoms with Crippen molar-refractivity contribution in [1.82, 2.24) is 10.3 Å². The van der Waals surface area contributed by atoms with Gasteiger partial charge in [0.1, 0.15) is 0 Å². The van der Waals surface area contributed by atoms with Gasteiger partial charge in [0, 0.05) is 18.2 Å². The van der Waals surface area contributed by atoms with E-state index in [9.17, 15) is 0 Å². The molecule has 3 heteroatoms. The van der Waals surface area contributed by atoms with Crippen LogP contribution >= 0.6 is 0 Å². The lowest BCUT2D eigenvalue weighted by molar-refractivity contribution is 0.123. The Morgan fingerprint density at radius 3 is 2.94 bits per heavy atom. The quantitative estimate of drug-likeness (QED) is 0.848. The van der Waals surface area contributed by atoms with Gasteiger partial charge in [0.15, 0.2) is 0 Å². The van der Waals surface area contributed by atoms with Crippen molar-refractivity contribution in [2.24, 2.45) is 0 Å². The molecule has 0 aliphatic heterocycles. The van der Waals surface area contributed by atoms with Crippen LogP contribution in [0.15, 0.2) is 36.5 Å². The fraction of sp³-hybridized carbons (Fsp3) is 0.400. The van der Waals surface area contributed by atoms with Crippen molar-refractivity contribution >= 4 is 10.9 Å². The predicted molar refractivity (Wildman–Crippen MR) is 74.7 cm³/mol. The van der Waals surface area contributed by atoms with E-state index in [2.05, 4.69) is 41.5 Å². The van der Waals surface area contributed by atoms with E-state index >= 15 is 0 Å². The van der Waals surface area contributed by atoms with Crippen LogP contribution in [0.2, 0.25) is 0 Å². The van der Waals surface area contributed by atoms with Gasteiger partial charge in [-0.25, -0.2) is 0 Å². The van der Waals surface area contributed by atoms with E-state index in [1.54, 1.807) is 0 Å². The molecule has 1 aromatic carbocycles. The van der Waals surface area contributed by atoms with Crippen LogP contribution in [0.5, 0.6) is 0 Å². The minimum absolute atomic E-state index is 0.237. The third-order valence-corrected chi connectivity index (χ3v) is 2.97. The van der Waals surface area contributed by atoms with Crippen molar-refractivity contribution in [1.29, 1.82) is 0 Å². The van der Waals surface area contributed by atoms with Gasteiger partial charge in [0.25, 0.3) is 0 Å². The van der Waals surface area contributed by atoms with Crippen molar-refractivity contribution in [3.63, 3.8) is 0 Å². The Morgan fingerprint density at radius 2 is 2.17 bits per heavy atom. The Balaban J connectivity index is 2.25. The topological polar surface area (TPSA) is 34.1 Å². The second-order valence-electron chi connectivity index (χ2n) is 4.23. The molecule has 0 saturated heterocycles. The van der Waals surface area contributed by atoms with Crippen LogP contribution < -0.4 is 5.32 Å². The van der Waals surface area contributed by atoms with Crippen LogP contribution in [0.25, 0.3) is 10.9 Å². The average molecular weight is 244 g/mol.